The lowest BCUT2D eigenvalue weighted by molar-refractivity contribution is 0.128. The molecule has 0 aromatic rings. The first-order valence-corrected chi connectivity index (χ1v) is 8.70. The van der Waals surface area contributed by atoms with Gasteiger partial charge in [0.15, 0.2) is 0 Å². The summed E-state index contributed by atoms with van der Waals surface area (Å²) in [5, 5.41) is 0. The third kappa shape index (κ3) is 4.33. The maximum absolute atomic E-state index is 2.66. The van der Waals surface area contributed by atoms with E-state index in [4.69, 9.17) is 0 Å². The summed E-state index contributed by atoms with van der Waals surface area (Å²) in [5.41, 5.74) is 0. The molecule has 1 rings (SSSR count). The van der Waals surface area contributed by atoms with Crippen LogP contribution < -0.4 is 0 Å². The van der Waals surface area contributed by atoms with Crippen molar-refractivity contribution < 1.29 is 0 Å². The van der Waals surface area contributed by atoms with Crippen molar-refractivity contribution in [2.75, 3.05) is 44.6 Å². The van der Waals surface area contributed by atoms with Crippen LogP contribution in [0.15, 0.2) is 0 Å². The lowest BCUT2D eigenvalue weighted by atomic mass is 10.0. The summed E-state index contributed by atoms with van der Waals surface area (Å²) in [6, 6.07) is 0.858. The van der Waals surface area contributed by atoms with E-state index in [-0.39, 0.29) is 10.9 Å². The zero-order chi connectivity index (χ0) is 11.3. The van der Waals surface area contributed by atoms with Crippen LogP contribution in [0.3, 0.4) is 0 Å². The number of nitrogens with zero attached hydrogens (tertiary/aromatic N) is 2. The summed E-state index contributed by atoms with van der Waals surface area (Å²) in [5.74, 6) is 1.35. The molecule has 0 aromatic carbocycles. The summed E-state index contributed by atoms with van der Waals surface area (Å²) in [7, 11) is 0.252. The van der Waals surface area contributed by atoms with Crippen molar-refractivity contribution in [2.24, 2.45) is 0 Å². The van der Waals surface area contributed by atoms with Gasteiger partial charge in [-0.1, -0.05) is 13.8 Å². The fourth-order valence-electron chi connectivity index (χ4n) is 2.57. The van der Waals surface area contributed by atoms with E-state index in [1.165, 1.54) is 44.9 Å². The Morgan fingerprint density at radius 3 is 2.07 bits per heavy atom. The van der Waals surface area contributed by atoms with E-state index in [0.717, 1.165) is 6.04 Å². The molecule has 1 aliphatic rings. The Kier molecular flexibility index (Phi) is 6.02. The van der Waals surface area contributed by atoms with E-state index in [2.05, 4.69) is 36.2 Å². The Bertz CT molecular complexity index is 161. The van der Waals surface area contributed by atoms with Gasteiger partial charge in [0.1, 0.15) is 0 Å². The molecule has 3 heteroatoms. The fraction of sp³-hybridized carbons (Fsp3) is 1.00. The topological polar surface area (TPSA) is 6.48 Å². The van der Waals surface area contributed by atoms with E-state index >= 15 is 0 Å². The lowest BCUT2D eigenvalue weighted by Gasteiger charge is -2.38. The van der Waals surface area contributed by atoms with E-state index < -0.39 is 0 Å². The van der Waals surface area contributed by atoms with Crippen LogP contribution in [0.1, 0.15) is 26.7 Å². The molecule has 0 radical (unpaired) electrons. The molecule has 0 N–H and O–H groups in total. The van der Waals surface area contributed by atoms with Crippen molar-refractivity contribution in [3.8, 4) is 0 Å². The highest BCUT2D eigenvalue weighted by Crippen LogP contribution is 2.21. The van der Waals surface area contributed by atoms with E-state index in [9.17, 15) is 0 Å². The molecule has 0 saturated carbocycles. The second kappa shape index (κ2) is 6.77. The van der Waals surface area contributed by atoms with Gasteiger partial charge in [0.05, 0.1) is 0 Å². The predicted molar refractivity (Wildman–Crippen MR) is 73.2 cm³/mol. The summed E-state index contributed by atoms with van der Waals surface area (Å²) >= 11 is 0. The van der Waals surface area contributed by atoms with Crippen molar-refractivity contribution in [1.82, 2.24) is 9.80 Å². The quantitative estimate of drug-likeness (QED) is 0.725. The normalized spacial score (nSPS) is 21.0. The van der Waals surface area contributed by atoms with Gasteiger partial charge >= 0.3 is 0 Å². The number of rotatable bonds is 5. The molecule has 15 heavy (non-hydrogen) atoms. The number of hydrogen-bond acceptors (Lipinski definition) is 2. The summed E-state index contributed by atoms with van der Waals surface area (Å²) in [6.45, 7) is 9.65. The summed E-state index contributed by atoms with van der Waals surface area (Å²) < 4.78 is 0. The van der Waals surface area contributed by atoms with Crippen LogP contribution in [0.5, 0.6) is 0 Å². The third-order valence-electron chi connectivity index (χ3n) is 3.37. The first kappa shape index (κ1) is 13.3. The van der Waals surface area contributed by atoms with Gasteiger partial charge < -0.3 is 4.90 Å². The van der Waals surface area contributed by atoms with Gasteiger partial charge in [0.25, 0.3) is 0 Å². The number of piperidine rings is 1. The van der Waals surface area contributed by atoms with Crippen molar-refractivity contribution in [3.05, 3.63) is 0 Å². The second-order valence-electron chi connectivity index (χ2n) is 4.79. The molecule has 0 amide bonds. The molecule has 1 heterocycles. The van der Waals surface area contributed by atoms with Crippen molar-refractivity contribution >= 4 is 10.9 Å². The molecule has 0 aliphatic carbocycles. The monoisotopic (exact) mass is 232 g/mol. The van der Waals surface area contributed by atoms with Crippen molar-refractivity contribution in [3.63, 3.8) is 0 Å². The number of thiol groups is 1. The van der Waals surface area contributed by atoms with Crippen LogP contribution in [0, 0.1) is 0 Å². The SMILES string of the molecule is CCN(CC)C1CCN(C[SH](C)C)CC1. The molecule has 1 aliphatic heterocycles. The number of hydrogen-bond donors (Lipinski definition) is 1. The minimum Gasteiger partial charge on any atom is -0.301 e. The average Bonchev–Trinajstić information content (AvgIpc) is 2.21. The molecule has 0 atom stereocenters. The Balaban J connectivity index is 2.28. The smallest absolute Gasteiger partial charge is 0.0261 e. The van der Waals surface area contributed by atoms with Crippen molar-refractivity contribution in [2.45, 2.75) is 32.7 Å². The van der Waals surface area contributed by atoms with E-state index in [0.29, 0.717) is 0 Å². The second-order valence-corrected chi connectivity index (χ2v) is 7.23. The van der Waals surface area contributed by atoms with E-state index in [1.54, 1.807) is 0 Å². The molecule has 0 aromatic heterocycles. The summed E-state index contributed by atoms with van der Waals surface area (Å²) in [6.07, 6.45) is 7.52. The third-order valence-corrected chi connectivity index (χ3v) is 4.33. The van der Waals surface area contributed by atoms with Gasteiger partial charge in [-0.25, -0.2) is 10.9 Å². The van der Waals surface area contributed by atoms with E-state index in [1.807, 2.05) is 0 Å². The van der Waals surface area contributed by atoms with Gasteiger partial charge in [0.2, 0.25) is 0 Å². The average molecular weight is 232 g/mol. The number of likely N-dealkylation sites (tertiary alicyclic amines) is 1. The molecule has 0 bridgehead atoms. The Morgan fingerprint density at radius 1 is 1.13 bits per heavy atom. The van der Waals surface area contributed by atoms with Gasteiger partial charge in [-0.3, -0.25) is 4.90 Å². The standard InChI is InChI=1S/C12H28N2S/c1-5-14(6-2)12-7-9-13(10-8-12)11-15(3)4/h12,15H,5-11H2,1-4H3. The Hall–Kier alpha value is 0.270. The molecular weight excluding hydrogens is 204 g/mol. The first-order valence-electron chi connectivity index (χ1n) is 6.28. The highest BCUT2D eigenvalue weighted by Gasteiger charge is 2.22. The van der Waals surface area contributed by atoms with Crippen molar-refractivity contribution in [1.29, 1.82) is 0 Å². The lowest BCUT2D eigenvalue weighted by Crippen LogP contribution is -2.44. The van der Waals surface area contributed by atoms with Crippen LogP contribution in [0.2, 0.25) is 0 Å². The molecular formula is C12H28N2S. The first-order chi connectivity index (χ1) is 7.17. The minimum atomic E-state index is 0.252. The summed E-state index contributed by atoms with van der Waals surface area (Å²) in [4.78, 5) is 5.28. The zero-order valence-electron chi connectivity index (χ0n) is 10.9. The molecule has 1 saturated heterocycles. The molecule has 92 valence electrons. The largest absolute Gasteiger partial charge is 0.301 e. The maximum atomic E-state index is 2.66. The Morgan fingerprint density at radius 2 is 1.67 bits per heavy atom. The highest BCUT2D eigenvalue weighted by molar-refractivity contribution is 8.15. The molecule has 0 spiro atoms. The van der Waals surface area contributed by atoms with Crippen LogP contribution in [0.25, 0.3) is 0 Å². The Labute approximate surface area is 98.4 Å². The molecule has 2 nitrogen and oxygen atoms in total. The molecule has 0 unspecified atom stereocenters. The maximum Gasteiger partial charge on any atom is 0.0261 e. The fourth-order valence-corrected chi connectivity index (χ4v) is 3.65. The van der Waals surface area contributed by atoms with Crippen LogP contribution in [-0.2, 0) is 0 Å². The van der Waals surface area contributed by atoms with Crippen LogP contribution >= 0.6 is 10.9 Å². The predicted octanol–water partition coefficient (Wildman–Crippen LogP) is 2.01. The van der Waals surface area contributed by atoms with Gasteiger partial charge in [-0.05, 0) is 38.4 Å². The zero-order valence-corrected chi connectivity index (χ0v) is 11.8. The highest BCUT2D eigenvalue weighted by atomic mass is 32.2. The van der Waals surface area contributed by atoms with Crippen LogP contribution in [0.4, 0.5) is 0 Å². The van der Waals surface area contributed by atoms with Crippen LogP contribution in [-0.4, -0.2) is 60.4 Å². The van der Waals surface area contributed by atoms with Gasteiger partial charge in [-0.15, -0.1) is 0 Å². The minimum absolute atomic E-state index is 0.252. The van der Waals surface area contributed by atoms with Gasteiger partial charge in [-0.2, -0.15) is 0 Å². The molecule has 1 fully saturated rings. The van der Waals surface area contributed by atoms with Gasteiger partial charge in [0, 0.05) is 25.0 Å².